The van der Waals surface area contributed by atoms with Crippen LogP contribution in [0.2, 0.25) is 0 Å². The van der Waals surface area contributed by atoms with Crippen LogP contribution in [0.15, 0.2) is 29.2 Å². The van der Waals surface area contributed by atoms with Crippen molar-refractivity contribution in [3.05, 3.63) is 29.8 Å². The number of carboxylic acids is 2. The predicted molar refractivity (Wildman–Crippen MR) is 74.5 cm³/mol. The Morgan fingerprint density at radius 3 is 2.05 bits per heavy atom. The van der Waals surface area contributed by atoms with Gasteiger partial charge < -0.3 is 10.2 Å². The summed E-state index contributed by atoms with van der Waals surface area (Å²) in [6.07, 6.45) is -0.835. The quantitative estimate of drug-likeness (QED) is 0.690. The maximum atomic E-state index is 12.0. The molecule has 0 heterocycles. The summed E-state index contributed by atoms with van der Waals surface area (Å²) in [6, 6.07) is 4.27. The average Bonchev–Trinajstić information content (AvgIpc) is 2.37. The molecule has 1 unspecified atom stereocenters. The van der Waals surface area contributed by atoms with E-state index in [0.717, 1.165) is 5.56 Å². The molecule has 8 heteroatoms. The van der Waals surface area contributed by atoms with Crippen LogP contribution < -0.4 is 4.72 Å². The van der Waals surface area contributed by atoms with Gasteiger partial charge in [0.15, 0.2) is 0 Å². The standard InChI is InChI=1S/C13H17NO6S/c1-8(2)9-3-5-10(6-4-9)21(19,20)14-11(13(17)18)7-12(15)16/h3-6,8,11,14H,7H2,1-2H3,(H,15,16)(H,17,18). The van der Waals surface area contributed by atoms with Gasteiger partial charge in [0.05, 0.1) is 11.3 Å². The Balaban J connectivity index is 2.98. The fourth-order valence-electron chi connectivity index (χ4n) is 1.64. The maximum absolute atomic E-state index is 12.0. The summed E-state index contributed by atoms with van der Waals surface area (Å²) < 4.78 is 26.0. The molecule has 0 aliphatic heterocycles. The number of carbonyl (C=O) groups is 2. The Labute approximate surface area is 122 Å². The summed E-state index contributed by atoms with van der Waals surface area (Å²) in [4.78, 5) is 21.3. The normalized spacial score (nSPS) is 13.1. The molecule has 0 aromatic heterocycles. The molecule has 1 aromatic carbocycles. The van der Waals surface area contributed by atoms with Crippen molar-refractivity contribution in [3.63, 3.8) is 0 Å². The largest absolute Gasteiger partial charge is 0.481 e. The second-order valence-electron chi connectivity index (χ2n) is 4.83. The van der Waals surface area contributed by atoms with Crippen molar-refractivity contribution in [1.29, 1.82) is 0 Å². The van der Waals surface area contributed by atoms with Crippen LogP contribution in [0.3, 0.4) is 0 Å². The lowest BCUT2D eigenvalue weighted by Gasteiger charge is -2.13. The molecule has 1 atom stereocenters. The lowest BCUT2D eigenvalue weighted by Crippen LogP contribution is -2.42. The van der Waals surface area contributed by atoms with Crippen LogP contribution >= 0.6 is 0 Å². The third-order valence-corrected chi connectivity index (χ3v) is 4.32. The van der Waals surface area contributed by atoms with Crippen LogP contribution in [-0.4, -0.2) is 36.6 Å². The molecule has 116 valence electrons. The smallest absolute Gasteiger partial charge is 0.322 e. The summed E-state index contributed by atoms with van der Waals surface area (Å²) in [6.45, 7) is 3.91. The van der Waals surface area contributed by atoms with E-state index in [9.17, 15) is 18.0 Å². The van der Waals surface area contributed by atoms with Gasteiger partial charge in [0, 0.05) is 0 Å². The van der Waals surface area contributed by atoms with E-state index in [0.29, 0.717) is 0 Å². The van der Waals surface area contributed by atoms with E-state index in [4.69, 9.17) is 10.2 Å². The zero-order valence-electron chi connectivity index (χ0n) is 11.6. The highest BCUT2D eigenvalue weighted by Crippen LogP contribution is 2.17. The summed E-state index contributed by atoms with van der Waals surface area (Å²) in [7, 11) is -4.09. The molecule has 0 spiro atoms. The Morgan fingerprint density at radius 1 is 1.14 bits per heavy atom. The van der Waals surface area contributed by atoms with Crippen LogP contribution in [0.1, 0.15) is 31.7 Å². The lowest BCUT2D eigenvalue weighted by atomic mass is 10.0. The van der Waals surface area contributed by atoms with E-state index < -0.39 is 34.4 Å². The third-order valence-electron chi connectivity index (χ3n) is 2.83. The first-order valence-corrected chi connectivity index (χ1v) is 7.68. The van der Waals surface area contributed by atoms with Gasteiger partial charge >= 0.3 is 11.9 Å². The number of nitrogens with one attached hydrogen (secondary N) is 1. The maximum Gasteiger partial charge on any atom is 0.322 e. The molecule has 0 saturated heterocycles. The number of carboxylic acid groups (broad SMARTS) is 2. The molecule has 7 nitrogen and oxygen atoms in total. The topological polar surface area (TPSA) is 121 Å². The molecule has 0 amide bonds. The molecule has 0 fully saturated rings. The fourth-order valence-corrected chi connectivity index (χ4v) is 2.83. The van der Waals surface area contributed by atoms with Crippen molar-refractivity contribution in [1.82, 2.24) is 4.72 Å². The minimum atomic E-state index is -4.09. The van der Waals surface area contributed by atoms with Crippen molar-refractivity contribution < 1.29 is 28.2 Å². The Kier molecular flexibility index (Phi) is 5.45. The van der Waals surface area contributed by atoms with Gasteiger partial charge in [-0.2, -0.15) is 4.72 Å². The van der Waals surface area contributed by atoms with Gasteiger partial charge in [-0.1, -0.05) is 26.0 Å². The van der Waals surface area contributed by atoms with Gasteiger partial charge in [0.2, 0.25) is 10.0 Å². The summed E-state index contributed by atoms with van der Waals surface area (Å²) in [5.41, 5.74) is 0.939. The predicted octanol–water partition coefficient (Wildman–Crippen LogP) is 1.02. The number of sulfonamides is 1. The highest BCUT2D eigenvalue weighted by atomic mass is 32.2. The molecule has 0 bridgehead atoms. The van der Waals surface area contributed by atoms with E-state index >= 15 is 0 Å². The zero-order valence-corrected chi connectivity index (χ0v) is 12.4. The number of aliphatic carboxylic acids is 2. The first-order chi connectivity index (χ1) is 9.63. The molecule has 0 saturated carbocycles. The lowest BCUT2D eigenvalue weighted by molar-refractivity contribution is -0.145. The minimum Gasteiger partial charge on any atom is -0.481 e. The van der Waals surface area contributed by atoms with Crippen LogP contribution in [-0.2, 0) is 19.6 Å². The first-order valence-electron chi connectivity index (χ1n) is 6.20. The monoisotopic (exact) mass is 315 g/mol. The number of hydrogen-bond acceptors (Lipinski definition) is 4. The van der Waals surface area contributed by atoms with Gasteiger partial charge in [0.25, 0.3) is 0 Å². The van der Waals surface area contributed by atoms with E-state index in [2.05, 4.69) is 0 Å². The number of hydrogen-bond donors (Lipinski definition) is 3. The summed E-state index contributed by atoms with van der Waals surface area (Å²) in [5.74, 6) is -2.71. The highest BCUT2D eigenvalue weighted by molar-refractivity contribution is 7.89. The van der Waals surface area contributed by atoms with Crippen molar-refractivity contribution in [3.8, 4) is 0 Å². The number of rotatable bonds is 7. The van der Waals surface area contributed by atoms with E-state index in [1.165, 1.54) is 12.1 Å². The Hall–Kier alpha value is -1.93. The third kappa shape index (κ3) is 4.83. The van der Waals surface area contributed by atoms with Gasteiger partial charge in [0.1, 0.15) is 6.04 Å². The van der Waals surface area contributed by atoms with Crippen LogP contribution in [0.4, 0.5) is 0 Å². The molecule has 0 aliphatic rings. The van der Waals surface area contributed by atoms with Crippen molar-refractivity contribution in [2.45, 2.75) is 37.1 Å². The van der Waals surface area contributed by atoms with Crippen LogP contribution in [0.25, 0.3) is 0 Å². The number of benzene rings is 1. The fraction of sp³-hybridized carbons (Fsp3) is 0.385. The van der Waals surface area contributed by atoms with Gasteiger partial charge in [-0.25, -0.2) is 8.42 Å². The molecule has 3 N–H and O–H groups in total. The molecular weight excluding hydrogens is 298 g/mol. The van der Waals surface area contributed by atoms with Gasteiger partial charge in [-0.3, -0.25) is 9.59 Å². The highest BCUT2D eigenvalue weighted by Gasteiger charge is 2.27. The van der Waals surface area contributed by atoms with E-state index in [-0.39, 0.29) is 10.8 Å². The molecule has 21 heavy (non-hydrogen) atoms. The average molecular weight is 315 g/mol. The Bertz CT molecular complexity index is 621. The molecule has 1 aromatic rings. The molecule has 0 aliphatic carbocycles. The van der Waals surface area contributed by atoms with Crippen LogP contribution in [0, 0.1) is 0 Å². The van der Waals surface area contributed by atoms with Gasteiger partial charge in [-0.15, -0.1) is 0 Å². The summed E-state index contributed by atoms with van der Waals surface area (Å²) in [5, 5.41) is 17.5. The van der Waals surface area contributed by atoms with Gasteiger partial charge in [-0.05, 0) is 23.6 Å². The Morgan fingerprint density at radius 2 is 1.67 bits per heavy atom. The molecule has 0 radical (unpaired) electrons. The van der Waals surface area contributed by atoms with Crippen molar-refractivity contribution >= 4 is 22.0 Å². The van der Waals surface area contributed by atoms with Crippen molar-refractivity contribution in [2.24, 2.45) is 0 Å². The SMILES string of the molecule is CC(C)c1ccc(S(=O)(=O)NC(CC(=O)O)C(=O)O)cc1. The first kappa shape index (κ1) is 17.1. The van der Waals surface area contributed by atoms with E-state index in [1.54, 1.807) is 12.1 Å². The molecule has 1 rings (SSSR count). The van der Waals surface area contributed by atoms with Crippen molar-refractivity contribution in [2.75, 3.05) is 0 Å². The zero-order chi connectivity index (χ0) is 16.2. The summed E-state index contributed by atoms with van der Waals surface area (Å²) >= 11 is 0. The molecular formula is C13H17NO6S. The second kappa shape index (κ2) is 6.68. The van der Waals surface area contributed by atoms with E-state index in [1.807, 2.05) is 18.6 Å². The minimum absolute atomic E-state index is 0.108. The second-order valence-corrected chi connectivity index (χ2v) is 6.55. The van der Waals surface area contributed by atoms with Crippen LogP contribution in [0.5, 0.6) is 0 Å².